The molecule has 0 unspecified atom stereocenters. The Kier molecular flexibility index (Phi) is 7.66. The maximum Gasteiger partial charge on any atom is 0.341 e. The number of anilines is 2. The van der Waals surface area contributed by atoms with Crippen molar-refractivity contribution >= 4 is 43.9 Å². The second kappa shape index (κ2) is 10.4. The van der Waals surface area contributed by atoms with E-state index < -0.39 is 16.0 Å². The van der Waals surface area contributed by atoms with Crippen LogP contribution in [0.3, 0.4) is 0 Å². The van der Waals surface area contributed by atoms with E-state index in [-0.39, 0.29) is 18.9 Å². The van der Waals surface area contributed by atoms with E-state index in [4.69, 9.17) is 4.74 Å². The molecular formula is C23H24N2O5S2. The van der Waals surface area contributed by atoms with E-state index in [9.17, 15) is 18.0 Å². The lowest BCUT2D eigenvalue weighted by molar-refractivity contribution is -0.116. The highest BCUT2D eigenvalue weighted by Crippen LogP contribution is 2.36. The summed E-state index contributed by atoms with van der Waals surface area (Å²) in [5.41, 5.74) is 2.53. The normalized spacial score (nSPS) is 11.1. The average Bonchev–Trinajstić information content (AvgIpc) is 3.16. The largest absolute Gasteiger partial charge is 0.462 e. The maximum atomic E-state index is 12.6. The minimum absolute atomic E-state index is 0.170. The second-order valence-corrected chi connectivity index (χ2v) is 9.86. The van der Waals surface area contributed by atoms with Crippen molar-refractivity contribution in [1.29, 1.82) is 0 Å². The van der Waals surface area contributed by atoms with Gasteiger partial charge in [-0.1, -0.05) is 42.5 Å². The first kappa shape index (κ1) is 23.5. The fraction of sp³-hybridized carbons (Fsp3) is 0.217. The number of carbonyl (C=O) groups excluding carboxylic acids is 2. The van der Waals surface area contributed by atoms with Crippen LogP contribution in [0.15, 0.2) is 60.7 Å². The molecule has 168 valence electrons. The van der Waals surface area contributed by atoms with Crippen molar-refractivity contribution in [2.75, 3.05) is 22.9 Å². The summed E-state index contributed by atoms with van der Waals surface area (Å²) in [6, 6.07) is 18.2. The molecule has 0 aliphatic rings. The summed E-state index contributed by atoms with van der Waals surface area (Å²) in [6.45, 7) is 1.97. The first-order chi connectivity index (χ1) is 15.2. The van der Waals surface area contributed by atoms with Crippen LogP contribution in [0.4, 0.5) is 10.7 Å². The summed E-state index contributed by atoms with van der Waals surface area (Å²) < 4.78 is 30.4. The second-order valence-electron chi connectivity index (χ2n) is 7.06. The highest BCUT2D eigenvalue weighted by molar-refractivity contribution is 7.92. The van der Waals surface area contributed by atoms with Gasteiger partial charge in [0.05, 0.1) is 18.4 Å². The van der Waals surface area contributed by atoms with Crippen LogP contribution in [0.2, 0.25) is 0 Å². The van der Waals surface area contributed by atoms with Crippen molar-refractivity contribution < 1.29 is 22.7 Å². The maximum absolute atomic E-state index is 12.6. The van der Waals surface area contributed by atoms with Crippen LogP contribution >= 0.6 is 11.3 Å². The highest BCUT2D eigenvalue weighted by atomic mass is 32.2. The zero-order valence-corrected chi connectivity index (χ0v) is 19.4. The summed E-state index contributed by atoms with van der Waals surface area (Å²) in [4.78, 5) is 25.9. The van der Waals surface area contributed by atoms with Gasteiger partial charge >= 0.3 is 5.97 Å². The number of hydrogen-bond donors (Lipinski definition) is 2. The summed E-state index contributed by atoms with van der Waals surface area (Å²) in [6.07, 6.45) is 1.67. The van der Waals surface area contributed by atoms with Crippen molar-refractivity contribution in [3.8, 4) is 10.4 Å². The molecule has 2 aromatic carbocycles. The number of nitrogens with one attached hydrogen (secondary N) is 2. The van der Waals surface area contributed by atoms with E-state index in [1.165, 1.54) is 11.3 Å². The lowest BCUT2D eigenvalue weighted by atomic mass is 10.1. The van der Waals surface area contributed by atoms with E-state index in [2.05, 4.69) is 10.0 Å². The van der Waals surface area contributed by atoms with Gasteiger partial charge in [0.15, 0.2) is 0 Å². The van der Waals surface area contributed by atoms with Gasteiger partial charge in [-0.2, -0.15) is 0 Å². The van der Waals surface area contributed by atoms with Crippen molar-refractivity contribution in [2.24, 2.45) is 0 Å². The van der Waals surface area contributed by atoms with E-state index in [0.717, 1.165) is 22.3 Å². The van der Waals surface area contributed by atoms with Crippen LogP contribution in [0.25, 0.3) is 10.4 Å². The van der Waals surface area contributed by atoms with Gasteiger partial charge in [-0.25, -0.2) is 13.2 Å². The van der Waals surface area contributed by atoms with Gasteiger partial charge < -0.3 is 10.1 Å². The average molecular weight is 473 g/mol. The van der Waals surface area contributed by atoms with Gasteiger partial charge in [-0.15, -0.1) is 11.3 Å². The predicted molar refractivity (Wildman–Crippen MR) is 128 cm³/mol. The van der Waals surface area contributed by atoms with Crippen LogP contribution < -0.4 is 10.0 Å². The third kappa shape index (κ3) is 6.66. The highest BCUT2D eigenvalue weighted by Gasteiger charge is 2.20. The number of amides is 1. The molecule has 1 aromatic heterocycles. The minimum atomic E-state index is -3.38. The van der Waals surface area contributed by atoms with Crippen LogP contribution in [0, 0.1) is 0 Å². The van der Waals surface area contributed by atoms with E-state index >= 15 is 0 Å². The third-order valence-electron chi connectivity index (χ3n) is 4.41. The molecule has 0 bridgehead atoms. The molecule has 3 aromatic rings. The van der Waals surface area contributed by atoms with Crippen LogP contribution in [0.5, 0.6) is 0 Å². The molecule has 0 spiro atoms. The Hall–Kier alpha value is -3.17. The topological polar surface area (TPSA) is 102 Å². The van der Waals surface area contributed by atoms with Crippen LogP contribution in [-0.4, -0.2) is 33.2 Å². The number of ether oxygens (including phenoxy) is 1. The number of sulfonamides is 1. The third-order valence-corrected chi connectivity index (χ3v) is 6.12. The monoisotopic (exact) mass is 472 g/mol. The summed E-state index contributed by atoms with van der Waals surface area (Å²) in [5.74, 6) is -0.737. The molecule has 32 heavy (non-hydrogen) atoms. The number of thiophene rings is 1. The van der Waals surface area contributed by atoms with Crippen LogP contribution in [-0.2, 0) is 26.0 Å². The molecule has 0 atom stereocenters. The van der Waals surface area contributed by atoms with E-state index in [1.54, 1.807) is 31.2 Å². The zero-order chi connectivity index (χ0) is 23.1. The number of rotatable bonds is 9. The van der Waals surface area contributed by atoms with E-state index in [1.807, 2.05) is 36.4 Å². The van der Waals surface area contributed by atoms with E-state index in [0.29, 0.717) is 22.7 Å². The molecule has 0 saturated heterocycles. The SMILES string of the molecule is CCOC(=O)c1cc(-c2ccccc2)sc1NC(=O)CCc1cccc(NS(C)(=O)=O)c1. The number of aryl methyl sites for hydroxylation is 1. The standard InChI is InChI=1S/C23H24N2O5S2/c1-3-30-23(27)19-15-20(17-9-5-4-6-10-17)31-22(19)24-21(26)13-12-16-8-7-11-18(14-16)25-32(2,28)29/h4-11,14-15,25H,3,12-13H2,1-2H3,(H,24,26). The smallest absolute Gasteiger partial charge is 0.341 e. The molecule has 0 aliphatic heterocycles. The molecule has 1 heterocycles. The zero-order valence-electron chi connectivity index (χ0n) is 17.8. The molecule has 0 radical (unpaired) electrons. The van der Waals surface area contributed by atoms with Crippen molar-refractivity contribution in [3.05, 3.63) is 71.8 Å². The lowest BCUT2D eigenvalue weighted by Crippen LogP contribution is -2.14. The van der Waals surface area contributed by atoms with Crippen molar-refractivity contribution in [2.45, 2.75) is 19.8 Å². The quantitative estimate of drug-likeness (QED) is 0.446. The number of benzene rings is 2. The number of hydrogen-bond acceptors (Lipinski definition) is 6. The fourth-order valence-electron chi connectivity index (χ4n) is 3.04. The number of carbonyl (C=O) groups is 2. The number of esters is 1. The van der Waals surface area contributed by atoms with Crippen LogP contribution in [0.1, 0.15) is 29.3 Å². The fourth-order valence-corrected chi connectivity index (χ4v) is 4.66. The molecule has 2 N–H and O–H groups in total. The molecule has 7 nitrogen and oxygen atoms in total. The van der Waals surface area contributed by atoms with Gasteiger partial charge in [-0.05, 0) is 42.7 Å². The Balaban J connectivity index is 1.72. The van der Waals surface area contributed by atoms with Gasteiger partial charge in [0.1, 0.15) is 5.00 Å². The molecule has 0 saturated carbocycles. The molecular weight excluding hydrogens is 448 g/mol. The first-order valence-corrected chi connectivity index (χ1v) is 12.7. The predicted octanol–water partition coefficient (Wildman–Crippen LogP) is 4.53. The molecule has 0 fully saturated rings. The first-order valence-electron chi connectivity index (χ1n) is 9.98. The molecule has 3 rings (SSSR count). The van der Waals surface area contributed by atoms with Crippen molar-refractivity contribution in [3.63, 3.8) is 0 Å². The Morgan fingerprint density at radius 1 is 1.03 bits per heavy atom. The lowest BCUT2D eigenvalue weighted by Gasteiger charge is -2.08. The minimum Gasteiger partial charge on any atom is -0.462 e. The Bertz CT molecular complexity index is 1200. The van der Waals surface area contributed by atoms with Gasteiger partial charge in [0, 0.05) is 17.0 Å². The van der Waals surface area contributed by atoms with Crippen molar-refractivity contribution in [1.82, 2.24) is 0 Å². The molecule has 0 aliphatic carbocycles. The van der Waals surface area contributed by atoms with Gasteiger partial charge in [0.25, 0.3) is 0 Å². The Morgan fingerprint density at radius 2 is 1.78 bits per heavy atom. The summed E-state index contributed by atoms with van der Waals surface area (Å²) in [7, 11) is -3.38. The molecule has 9 heteroatoms. The Morgan fingerprint density at radius 3 is 2.47 bits per heavy atom. The molecule has 1 amide bonds. The summed E-state index contributed by atoms with van der Waals surface area (Å²) in [5, 5.41) is 3.27. The van der Waals surface area contributed by atoms with Gasteiger partial charge in [-0.3, -0.25) is 9.52 Å². The summed E-state index contributed by atoms with van der Waals surface area (Å²) >= 11 is 1.32. The Labute approximate surface area is 191 Å². The van der Waals surface area contributed by atoms with Gasteiger partial charge in [0.2, 0.25) is 15.9 Å².